The zero-order valence-electron chi connectivity index (χ0n) is 14.5. The van der Waals surface area contributed by atoms with Gasteiger partial charge >= 0.3 is 0 Å². The molecule has 0 aliphatic heterocycles. The summed E-state index contributed by atoms with van der Waals surface area (Å²) in [5, 5.41) is 7.33. The molecule has 0 radical (unpaired) electrons. The van der Waals surface area contributed by atoms with Gasteiger partial charge in [-0.15, -0.1) is 0 Å². The minimum absolute atomic E-state index is 0.181. The van der Waals surface area contributed by atoms with E-state index < -0.39 is 0 Å². The number of carbonyl (C=O) groups excluding carboxylic acids is 1. The zero-order valence-corrected chi connectivity index (χ0v) is 16.0. The highest BCUT2D eigenvalue weighted by Crippen LogP contribution is 2.21. The first-order chi connectivity index (χ1) is 12.9. The highest BCUT2D eigenvalue weighted by molar-refractivity contribution is 6.31. The molecule has 8 heteroatoms. The number of pyridine rings is 1. The van der Waals surface area contributed by atoms with Crippen LogP contribution >= 0.6 is 23.2 Å². The molecule has 0 spiro atoms. The molecule has 0 aliphatic carbocycles. The van der Waals surface area contributed by atoms with Gasteiger partial charge in [0.05, 0.1) is 17.9 Å². The Kier molecular flexibility index (Phi) is 5.98. The average Bonchev–Trinajstić information content (AvgIpc) is 2.96. The number of anilines is 1. The van der Waals surface area contributed by atoms with Crippen molar-refractivity contribution in [2.24, 2.45) is 0 Å². The first kappa shape index (κ1) is 19.2. The fourth-order valence-corrected chi connectivity index (χ4v) is 3.10. The summed E-state index contributed by atoms with van der Waals surface area (Å²) in [7, 11) is 0. The van der Waals surface area contributed by atoms with Gasteiger partial charge in [-0.2, -0.15) is 0 Å². The lowest BCUT2D eigenvalue weighted by molar-refractivity contribution is -0.116. The van der Waals surface area contributed by atoms with Crippen LogP contribution in [0, 0.1) is 6.92 Å². The van der Waals surface area contributed by atoms with Crippen LogP contribution in [0.5, 0.6) is 0 Å². The number of carbonyl (C=O) groups is 1. The van der Waals surface area contributed by atoms with Gasteiger partial charge in [0.1, 0.15) is 0 Å². The van der Waals surface area contributed by atoms with E-state index in [1.54, 1.807) is 25.3 Å². The van der Waals surface area contributed by atoms with Crippen LogP contribution in [0.2, 0.25) is 10.2 Å². The van der Waals surface area contributed by atoms with Crippen molar-refractivity contribution in [3.63, 3.8) is 0 Å². The maximum absolute atomic E-state index is 12.2. The van der Waals surface area contributed by atoms with Crippen LogP contribution in [-0.4, -0.2) is 15.6 Å². The number of amides is 1. The molecule has 2 aromatic heterocycles. The zero-order chi connectivity index (χ0) is 19.4. The van der Waals surface area contributed by atoms with E-state index in [0.29, 0.717) is 29.4 Å². The van der Waals surface area contributed by atoms with Crippen LogP contribution in [0.15, 0.2) is 51.9 Å². The molecule has 3 aromatic rings. The lowest BCUT2D eigenvalue weighted by Gasteiger charge is -2.10. The Labute approximate surface area is 165 Å². The van der Waals surface area contributed by atoms with Crippen molar-refractivity contribution in [1.29, 1.82) is 0 Å². The Bertz CT molecular complexity index is 1010. The van der Waals surface area contributed by atoms with E-state index in [1.807, 2.05) is 18.2 Å². The second-order valence-electron chi connectivity index (χ2n) is 6.04. The number of aryl methyl sites for hydroxylation is 1. The van der Waals surface area contributed by atoms with Gasteiger partial charge < -0.3 is 14.4 Å². The number of hydrogen-bond donors (Lipinski definition) is 1. The summed E-state index contributed by atoms with van der Waals surface area (Å²) in [5.74, 6) is -0.199. The second-order valence-corrected chi connectivity index (χ2v) is 6.79. The summed E-state index contributed by atoms with van der Waals surface area (Å²) in [4.78, 5) is 24.3. The molecule has 2 heterocycles. The summed E-state index contributed by atoms with van der Waals surface area (Å²) < 4.78 is 6.37. The number of aromatic nitrogens is 2. The first-order valence-corrected chi connectivity index (χ1v) is 9.04. The SMILES string of the molecule is Cc1noc(Cl)c1CCC(=O)Nc1ccc(=O)n(Cc2ccccc2Cl)c1. The molecule has 27 heavy (non-hydrogen) atoms. The van der Waals surface area contributed by atoms with Gasteiger partial charge in [0, 0.05) is 29.3 Å². The molecule has 0 unspecified atom stereocenters. The third-order valence-corrected chi connectivity index (χ3v) is 4.77. The van der Waals surface area contributed by atoms with Crippen molar-refractivity contribution in [1.82, 2.24) is 9.72 Å². The van der Waals surface area contributed by atoms with Crippen molar-refractivity contribution in [3.05, 3.63) is 80.0 Å². The number of benzene rings is 1. The Morgan fingerprint density at radius 3 is 2.70 bits per heavy atom. The molecule has 0 atom stereocenters. The third-order valence-electron chi connectivity index (χ3n) is 4.10. The topological polar surface area (TPSA) is 77.1 Å². The molecule has 3 rings (SSSR count). The number of rotatable bonds is 6. The van der Waals surface area contributed by atoms with Crippen LogP contribution in [0.4, 0.5) is 5.69 Å². The summed E-state index contributed by atoms with van der Waals surface area (Å²) in [6.45, 7) is 2.09. The Balaban J connectivity index is 1.68. The van der Waals surface area contributed by atoms with E-state index in [2.05, 4.69) is 10.5 Å². The van der Waals surface area contributed by atoms with Gasteiger partial charge in [0.25, 0.3) is 5.56 Å². The van der Waals surface area contributed by atoms with Gasteiger partial charge in [0.15, 0.2) is 0 Å². The van der Waals surface area contributed by atoms with Crippen LogP contribution in [-0.2, 0) is 17.8 Å². The molecule has 0 fully saturated rings. The summed E-state index contributed by atoms with van der Waals surface area (Å²) in [6, 6.07) is 10.3. The standard InChI is InChI=1S/C19H17Cl2N3O3/c1-12-15(19(21)27-23-12)7-8-17(25)22-14-6-9-18(26)24(11-14)10-13-4-2-3-5-16(13)20/h2-6,9,11H,7-8,10H2,1H3,(H,22,25). The van der Waals surface area contributed by atoms with E-state index in [1.165, 1.54) is 10.6 Å². The molecule has 0 saturated carbocycles. The predicted molar refractivity (Wildman–Crippen MR) is 104 cm³/mol. The van der Waals surface area contributed by atoms with Crippen molar-refractivity contribution in [2.45, 2.75) is 26.3 Å². The van der Waals surface area contributed by atoms with Crippen LogP contribution in [0.3, 0.4) is 0 Å². The third kappa shape index (κ3) is 4.78. The molecular formula is C19H17Cl2N3O3. The summed E-state index contributed by atoms with van der Waals surface area (Å²) in [6.07, 6.45) is 2.23. The monoisotopic (exact) mass is 405 g/mol. The van der Waals surface area contributed by atoms with E-state index in [-0.39, 0.29) is 23.1 Å². The molecule has 0 saturated heterocycles. The van der Waals surface area contributed by atoms with Gasteiger partial charge in [0.2, 0.25) is 11.1 Å². The van der Waals surface area contributed by atoms with E-state index in [0.717, 1.165) is 11.1 Å². The van der Waals surface area contributed by atoms with Gasteiger partial charge in [-0.05, 0) is 42.6 Å². The first-order valence-electron chi connectivity index (χ1n) is 8.28. The Morgan fingerprint density at radius 2 is 2.00 bits per heavy atom. The number of nitrogens with one attached hydrogen (secondary N) is 1. The molecule has 140 valence electrons. The number of hydrogen-bond acceptors (Lipinski definition) is 4. The fourth-order valence-electron chi connectivity index (χ4n) is 2.64. The van der Waals surface area contributed by atoms with Gasteiger partial charge in [-0.1, -0.05) is 35.0 Å². The maximum Gasteiger partial charge on any atom is 0.250 e. The van der Waals surface area contributed by atoms with Crippen molar-refractivity contribution >= 4 is 34.8 Å². The van der Waals surface area contributed by atoms with Gasteiger partial charge in [-0.3, -0.25) is 9.59 Å². The maximum atomic E-state index is 12.2. The van der Waals surface area contributed by atoms with Crippen molar-refractivity contribution in [2.75, 3.05) is 5.32 Å². The van der Waals surface area contributed by atoms with Crippen molar-refractivity contribution in [3.8, 4) is 0 Å². The molecule has 1 aromatic carbocycles. The molecule has 6 nitrogen and oxygen atoms in total. The highest BCUT2D eigenvalue weighted by Gasteiger charge is 2.13. The van der Waals surface area contributed by atoms with E-state index in [4.69, 9.17) is 27.7 Å². The Morgan fingerprint density at radius 1 is 1.22 bits per heavy atom. The minimum Gasteiger partial charge on any atom is -0.344 e. The van der Waals surface area contributed by atoms with Crippen LogP contribution < -0.4 is 10.9 Å². The number of halogens is 2. The normalized spacial score (nSPS) is 10.8. The quantitative estimate of drug-likeness (QED) is 0.670. The van der Waals surface area contributed by atoms with Crippen LogP contribution in [0.1, 0.15) is 23.2 Å². The molecular weight excluding hydrogens is 389 g/mol. The number of nitrogens with zero attached hydrogens (tertiary/aromatic N) is 2. The lowest BCUT2D eigenvalue weighted by Crippen LogP contribution is -2.21. The predicted octanol–water partition coefficient (Wildman–Crippen LogP) is 4.07. The summed E-state index contributed by atoms with van der Waals surface area (Å²) >= 11 is 12.1. The van der Waals surface area contributed by atoms with Gasteiger partial charge in [-0.25, -0.2) is 0 Å². The lowest BCUT2D eigenvalue weighted by atomic mass is 10.1. The second kappa shape index (κ2) is 8.41. The minimum atomic E-state index is -0.199. The molecule has 1 N–H and O–H groups in total. The average molecular weight is 406 g/mol. The largest absolute Gasteiger partial charge is 0.344 e. The Hall–Kier alpha value is -2.57. The van der Waals surface area contributed by atoms with E-state index in [9.17, 15) is 9.59 Å². The van der Waals surface area contributed by atoms with E-state index >= 15 is 0 Å². The molecule has 0 bridgehead atoms. The van der Waals surface area contributed by atoms with Crippen LogP contribution in [0.25, 0.3) is 0 Å². The smallest absolute Gasteiger partial charge is 0.250 e. The van der Waals surface area contributed by atoms with Crippen molar-refractivity contribution < 1.29 is 9.32 Å². The highest BCUT2D eigenvalue weighted by atomic mass is 35.5. The fraction of sp³-hybridized carbons (Fsp3) is 0.211. The molecule has 1 amide bonds. The summed E-state index contributed by atoms with van der Waals surface area (Å²) in [5.41, 5.74) is 2.55. The molecule has 0 aliphatic rings.